The van der Waals surface area contributed by atoms with Gasteiger partial charge in [0.05, 0.1) is 19.3 Å². The van der Waals surface area contributed by atoms with Gasteiger partial charge in [-0.05, 0) is 6.92 Å². The summed E-state index contributed by atoms with van der Waals surface area (Å²) in [5.41, 5.74) is 1.09. The Labute approximate surface area is 109 Å². The van der Waals surface area contributed by atoms with Crippen molar-refractivity contribution in [2.45, 2.75) is 39.1 Å². The third-order valence-electron chi connectivity index (χ3n) is 3.54. The van der Waals surface area contributed by atoms with Crippen molar-refractivity contribution >= 4 is 0 Å². The Balaban J connectivity index is 1.94. The topological polar surface area (TPSA) is 36.9 Å². The second kappa shape index (κ2) is 4.93. The second-order valence-electron chi connectivity index (χ2n) is 6.20. The maximum atomic E-state index is 5.93. The van der Waals surface area contributed by atoms with Crippen molar-refractivity contribution in [1.82, 2.24) is 0 Å². The first-order chi connectivity index (χ1) is 8.40. The van der Waals surface area contributed by atoms with E-state index >= 15 is 0 Å². The molecule has 2 atom stereocenters. The Kier molecular flexibility index (Phi) is 3.83. The SMILES string of the molecule is C=C(C)[C@H](OCOC)[C@@H]1CC12OCC(C)(C)CO2. The molecule has 2 rings (SSSR count). The van der Waals surface area contributed by atoms with E-state index in [0.29, 0.717) is 0 Å². The van der Waals surface area contributed by atoms with Crippen molar-refractivity contribution in [3.63, 3.8) is 0 Å². The molecule has 0 N–H and O–H groups in total. The zero-order valence-corrected chi connectivity index (χ0v) is 11.8. The van der Waals surface area contributed by atoms with Crippen molar-refractivity contribution in [1.29, 1.82) is 0 Å². The molecule has 4 nitrogen and oxygen atoms in total. The van der Waals surface area contributed by atoms with Gasteiger partial charge in [0, 0.05) is 24.9 Å². The normalized spacial score (nSPS) is 30.1. The summed E-state index contributed by atoms with van der Waals surface area (Å²) in [7, 11) is 1.62. The van der Waals surface area contributed by atoms with Gasteiger partial charge in [-0.2, -0.15) is 0 Å². The van der Waals surface area contributed by atoms with Gasteiger partial charge >= 0.3 is 0 Å². The standard InChI is InChI=1S/C14H24O4/c1-10(2)12(16-9-15-5)11-6-14(11)17-7-13(3,4)8-18-14/h11-12H,1,6-9H2,2-5H3/t11-,12-/m0/s1. The zero-order valence-electron chi connectivity index (χ0n) is 11.8. The highest BCUT2D eigenvalue weighted by Crippen LogP contribution is 2.55. The molecule has 4 heteroatoms. The van der Waals surface area contributed by atoms with E-state index in [1.54, 1.807) is 7.11 Å². The molecule has 0 bridgehead atoms. The van der Waals surface area contributed by atoms with E-state index in [4.69, 9.17) is 18.9 Å². The van der Waals surface area contributed by atoms with Crippen LogP contribution in [0.3, 0.4) is 0 Å². The highest BCUT2D eigenvalue weighted by molar-refractivity contribution is 5.14. The number of methoxy groups -OCH3 is 1. The van der Waals surface area contributed by atoms with Gasteiger partial charge in [0.1, 0.15) is 6.79 Å². The minimum atomic E-state index is -0.438. The minimum absolute atomic E-state index is 0.0498. The third-order valence-corrected chi connectivity index (χ3v) is 3.54. The number of ether oxygens (including phenoxy) is 4. The summed E-state index contributed by atoms with van der Waals surface area (Å²) in [5.74, 6) is -0.200. The van der Waals surface area contributed by atoms with Crippen molar-refractivity contribution in [2.24, 2.45) is 11.3 Å². The maximum Gasteiger partial charge on any atom is 0.174 e. The summed E-state index contributed by atoms with van der Waals surface area (Å²) >= 11 is 0. The van der Waals surface area contributed by atoms with Crippen molar-refractivity contribution in [2.75, 3.05) is 27.1 Å². The predicted molar refractivity (Wildman–Crippen MR) is 68.1 cm³/mol. The third kappa shape index (κ3) is 2.77. The number of rotatable bonds is 5. The molecule has 0 unspecified atom stereocenters. The lowest BCUT2D eigenvalue weighted by Gasteiger charge is -2.36. The lowest BCUT2D eigenvalue weighted by atomic mass is 9.95. The van der Waals surface area contributed by atoms with Crippen LogP contribution in [0, 0.1) is 11.3 Å². The summed E-state index contributed by atoms with van der Waals surface area (Å²) in [6.45, 7) is 12.0. The number of hydrogen-bond donors (Lipinski definition) is 0. The van der Waals surface area contributed by atoms with E-state index in [1.165, 1.54) is 0 Å². The van der Waals surface area contributed by atoms with Crippen LogP contribution in [-0.2, 0) is 18.9 Å². The monoisotopic (exact) mass is 256 g/mol. The fraction of sp³-hybridized carbons (Fsp3) is 0.857. The maximum absolute atomic E-state index is 5.93. The van der Waals surface area contributed by atoms with E-state index < -0.39 is 5.79 Å². The van der Waals surface area contributed by atoms with Crippen molar-refractivity contribution in [3.05, 3.63) is 12.2 Å². The molecule has 1 saturated carbocycles. The molecule has 104 valence electrons. The lowest BCUT2D eigenvalue weighted by Crippen LogP contribution is -2.41. The smallest absolute Gasteiger partial charge is 0.174 e. The molecule has 1 heterocycles. The van der Waals surface area contributed by atoms with E-state index in [0.717, 1.165) is 25.2 Å². The van der Waals surface area contributed by atoms with Gasteiger partial charge in [-0.1, -0.05) is 26.0 Å². The molecular formula is C14H24O4. The Bertz CT molecular complexity index is 314. The van der Waals surface area contributed by atoms with Crippen LogP contribution in [0.5, 0.6) is 0 Å². The van der Waals surface area contributed by atoms with Crippen LogP contribution in [-0.4, -0.2) is 39.0 Å². The Morgan fingerprint density at radius 1 is 1.39 bits per heavy atom. The van der Waals surface area contributed by atoms with Crippen LogP contribution in [0.4, 0.5) is 0 Å². The van der Waals surface area contributed by atoms with Crippen LogP contribution < -0.4 is 0 Å². The molecule has 0 amide bonds. The van der Waals surface area contributed by atoms with Gasteiger partial charge in [-0.3, -0.25) is 0 Å². The predicted octanol–water partition coefficient (Wildman–Crippen LogP) is 2.34. The first kappa shape index (κ1) is 14.0. The molecule has 2 aliphatic rings. The average Bonchev–Trinajstić information content (AvgIpc) is 2.98. The molecule has 0 radical (unpaired) electrons. The minimum Gasteiger partial charge on any atom is -0.359 e. The highest BCUT2D eigenvalue weighted by atomic mass is 16.7. The van der Waals surface area contributed by atoms with Gasteiger partial charge in [0.2, 0.25) is 0 Å². The summed E-state index contributed by atoms with van der Waals surface area (Å²) in [5, 5.41) is 0. The second-order valence-corrected chi connectivity index (χ2v) is 6.20. The van der Waals surface area contributed by atoms with Crippen LogP contribution in [0.15, 0.2) is 12.2 Å². The molecule has 2 fully saturated rings. The first-order valence-electron chi connectivity index (χ1n) is 6.44. The van der Waals surface area contributed by atoms with Gasteiger partial charge in [0.25, 0.3) is 0 Å². The van der Waals surface area contributed by atoms with Gasteiger partial charge in [0.15, 0.2) is 5.79 Å². The van der Waals surface area contributed by atoms with E-state index in [1.807, 2.05) is 6.92 Å². The Morgan fingerprint density at radius 3 is 2.50 bits per heavy atom. The first-order valence-corrected chi connectivity index (χ1v) is 6.44. The fourth-order valence-corrected chi connectivity index (χ4v) is 2.38. The van der Waals surface area contributed by atoms with Crippen molar-refractivity contribution in [3.8, 4) is 0 Å². The average molecular weight is 256 g/mol. The van der Waals surface area contributed by atoms with E-state index in [2.05, 4.69) is 20.4 Å². The molecule has 1 aliphatic carbocycles. The fourth-order valence-electron chi connectivity index (χ4n) is 2.38. The lowest BCUT2D eigenvalue weighted by molar-refractivity contribution is -0.256. The summed E-state index contributed by atoms with van der Waals surface area (Å²) in [4.78, 5) is 0. The molecule has 18 heavy (non-hydrogen) atoms. The van der Waals surface area contributed by atoms with Crippen molar-refractivity contribution < 1.29 is 18.9 Å². The summed E-state index contributed by atoms with van der Waals surface area (Å²) in [6.07, 6.45) is 0.829. The van der Waals surface area contributed by atoms with Gasteiger partial charge < -0.3 is 18.9 Å². The largest absolute Gasteiger partial charge is 0.359 e. The van der Waals surface area contributed by atoms with E-state index in [9.17, 15) is 0 Å². The van der Waals surface area contributed by atoms with Crippen LogP contribution in [0.25, 0.3) is 0 Å². The van der Waals surface area contributed by atoms with E-state index in [-0.39, 0.29) is 24.2 Å². The molecule has 0 aromatic rings. The Morgan fingerprint density at radius 2 is 2.00 bits per heavy atom. The van der Waals surface area contributed by atoms with Gasteiger partial charge in [-0.15, -0.1) is 0 Å². The van der Waals surface area contributed by atoms with Crippen LogP contribution in [0.1, 0.15) is 27.2 Å². The molecule has 1 spiro atoms. The highest BCUT2D eigenvalue weighted by Gasteiger charge is 2.63. The summed E-state index contributed by atoms with van der Waals surface area (Å²) < 4.78 is 22.5. The summed E-state index contributed by atoms with van der Waals surface area (Å²) in [6, 6.07) is 0. The van der Waals surface area contributed by atoms with Gasteiger partial charge in [-0.25, -0.2) is 0 Å². The van der Waals surface area contributed by atoms with Crippen LogP contribution in [0.2, 0.25) is 0 Å². The zero-order chi connectivity index (χ0) is 13.4. The number of hydrogen-bond acceptors (Lipinski definition) is 4. The van der Waals surface area contributed by atoms with Crippen LogP contribution >= 0.6 is 0 Å². The quantitative estimate of drug-likeness (QED) is 0.559. The molecule has 1 saturated heterocycles. The molecule has 1 aliphatic heterocycles. The molecular weight excluding hydrogens is 232 g/mol. The molecule has 0 aromatic carbocycles. The molecule has 0 aromatic heterocycles. The Hall–Kier alpha value is -0.420.